The van der Waals surface area contributed by atoms with Gasteiger partial charge in [0, 0.05) is 25.8 Å². The molecule has 0 aliphatic heterocycles. The summed E-state index contributed by atoms with van der Waals surface area (Å²) in [6.07, 6.45) is 4.96. The largest absolute Gasteiger partial charge is 0.364 e. The van der Waals surface area contributed by atoms with Crippen LogP contribution in [0.15, 0.2) is 42.6 Å². The minimum Gasteiger partial charge on any atom is -0.364 e. The van der Waals surface area contributed by atoms with E-state index in [0.717, 1.165) is 25.1 Å². The number of anilines is 1. The number of carbonyl (C=O) groups excluding carboxylic acids is 1. The first-order chi connectivity index (χ1) is 11.0. The van der Waals surface area contributed by atoms with Crippen LogP contribution < -0.4 is 5.32 Å². The van der Waals surface area contributed by atoms with Crippen LogP contribution in [0.5, 0.6) is 0 Å². The Morgan fingerprint density at radius 1 is 1.26 bits per heavy atom. The van der Waals surface area contributed by atoms with Crippen molar-refractivity contribution in [2.45, 2.75) is 31.7 Å². The Balaban J connectivity index is 1.68. The third-order valence-electron chi connectivity index (χ3n) is 4.29. The fourth-order valence-electron chi connectivity index (χ4n) is 2.83. The number of benzene rings is 1. The fourth-order valence-corrected chi connectivity index (χ4v) is 2.83. The Bertz CT molecular complexity index is 703. The molecule has 2 aromatic rings. The lowest BCUT2D eigenvalue weighted by Crippen LogP contribution is -2.25. The summed E-state index contributed by atoms with van der Waals surface area (Å²) in [4.78, 5) is 17.9. The lowest BCUT2D eigenvalue weighted by Gasteiger charge is -2.19. The zero-order valence-corrected chi connectivity index (χ0v) is 14.0. The molecule has 120 valence electrons. The normalized spacial score (nSPS) is 15.1. The molecule has 23 heavy (non-hydrogen) atoms. The number of nitrogens with zero attached hydrogens (tertiary/aromatic N) is 2. The minimum atomic E-state index is -0.0232. The maximum atomic E-state index is 11.9. The second kappa shape index (κ2) is 6.03. The molecular formula is C19H23N3O. The number of aryl methyl sites for hydroxylation is 1. The predicted octanol–water partition coefficient (Wildman–Crippen LogP) is 3.28. The van der Waals surface area contributed by atoms with Crippen LogP contribution in [0.25, 0.3) is 0 Å². The lowest BCUT2D eigenvalue weighted by molar-refractivity contribution is 0.0827. The van der Waals surface area contributed by atoms with E-state index in [2.05, 4.69) is 41.5 Å². The second-order valence-corrected chi connectivity index (χ2v) is 6.70. The Labute approximate surface area is 137 Å². The van der Waals surface area contributed by atoms with Crippen LogP contribution in [0.1, 0.15) is 34.3 Å². The van der Waals surface area contributed by atoms with E-state index >= 15 is 0 Å². The van der Waals surface area contributed by atoms with Crippen molar-refractivity contribution in [2.75, 3.05) is 19.4 Å². The van der Waals surface area contributed by atoms with Crippen LogP contribution in [0.3, 0.4) is 0 Å². The van der Waals surface area contributed by atoms with E-state index in [1.807, 2.05) is 12.1 Å². The SMILES string of the molecule is Cc1cccc(CC2(Nc3ccc(C(=O)N(C)C)cn3)CC2)c1. The van der Waals surface area contributed by atoms with Gasteiger partial charge in [-0.1, -0.05) is 29.8 Å². The summed E-state index contributed by atoms with van der Waals surface area (Å²) in [7, 11) is 3.49. The van der Waals surface area contributed by atoms with Crippen LogP contribution in [-0.2, 0) is 6.42 Å². The maximum absolute atomic E-state index is 11.9. The highest BCUT2D eigenvalue weighted by molar-refractivity contribution is 5.93. The Hall–Kier alpha value is -2.36. The topological polar surface area (TPSA) is 45.2 Å². The fraction of sp³-hybridized carbons (Fsp3) is 0.368. The second-order valence-electron chi connectivity index (χ2n) is 6.70. The molecule has 0 spiro atoms. The van der Waals surface area contributed by atoms with Crippen LogP contribution in [0.4, 0.5) is 5.82 Å². The molecule has 1 heterocycles. The van der Waals surface area contributed by atoms with Gasteiger partial charge in [-0.2, -0.15) is 0 Å². The molecule has 0 atom stereocenters. The summed E-state index contributed by atoms with van der Waals surface area (Å²) in [5.41, 5.74) is 3.38. The van der Waals surface area contributed by atoms with Crippen LogP contribution in [0, 0.1) is 6.92 Å². The van der Waals surface area contributed by atoms with Crippen LogP contribution in [-0.4, -0.2) is 35.4 Å². The number of pyridine rings is 1. The van der Waals surface area contributed by atoms with Crippen molar-refractivity contribution in [3.8, 4) is 0 Å². The van der Waals surface area contributed by atoms with Gasteiger partial charge in [-0.3, -0.25) is 4.79 Å². The number of nitrogens with one attached hydrogen (secondary N) is 1. The molecule has 1 N–H and O–H groups in total. The van der Waals surface area contributed by atoms with Gasteiger partial charge in [-0.15, -0.1) is 0 Å². The summed E-state index contributed by atoms with van der Waals surface area (Å²) in [5.74, 6) is 0.815. The number of carbonyl (C=O) groups is 1. The molecule has 1 fully saturated rings. The summed E-state index contributed by atoms with van der Waals surface area (Å²) in [5, 5.41) is 3.56. The highest BCUT2D eigenvalue weighted by atomic mass is 16.2. The number of rotatable bonds is 5. The summed E-state index contributed by atoms with van der Waals surface area (Å²) in [6.45, 7) is 2.12. The van der Waals surface area contributed by atoms with E-state index in [-0.39, 0.29) is 11.4 Å². The molecule has 4 heteroatoms. The molecule has 4 nitrogen and oxygen atoms in total. The average Bonchev–Trinajstić information content (AvgIpc) is 3.26. The van der Waals surface area contributed by atoms with E-state index in [0.29, 0.717) is 5.56 Å². The quantitative estimate of drug-likeness (QED) is 0.922. The molecule has 0 saturated heterocycles. The molecule has 0 bridgehead atoms. The standard InChI is InChI=1S/C19H23N3O/c1-14-5-4-6-15(11-14)12-19(9-10-19)21-17-8-7-16(13-20-17)18(23)22(2)3/h4-8,11,13H,9-10,12H2,1-3H3,(H,20,21). The van der Waals surface area contributed by atoms with Crippen molar-refractivity contribution in [1.82, 2.24) is 9.88 Å². The number of aromatic nitrogens is 1. The van der Waals surface area contributed by atoms with E-state index in [1.54, 1.807) is 25.2 Å². The van der Waals surface area contributed by atoms with Crippen molar-refractivity contribution >= 4 is 11.7 Å². The highest BCUT2D eigenvalue weighted by Gasteiger charge is 2.42. The number of hydrogen-bond donors (Lipinski definition) is 1. The maximum Gasteiger partial charge on any atom is 0.254 e. The van der Waals surface area contributed by atoms with Gasteiger partial charge < -0.3 is 10.2 Å². The molecule has 3 rings (SSSR count). The number of amides is 1. The van der Waals surface area contributed by atoms with Crippen molar-refractivity contribution in [2.24, 2.45) is 0 Å². The molecule has 1 amide bonds. The summed E-state index contributed by atoms with van der Waals surface area (Å²) < 4.78 is 0. The molecule has 1 aromatic carbocycles. The summed E-state index contributed by atoms with van der Waals surface area (Å²) >= 11 is 0. The first kappa shape index (κ1) is 15.5. The predicted molar refractivity (Wildman–Crippen MR) is 92.7 cm³/mol. The Morgan fingerprint density at radius 2 is 2.04 bits per heavy atom. The van der Waals surface area contributed by atoms with Crippen LogP contribution >= 0.6 is 0 Å². The lowest BCUT2D eigenvalue weighted by atomic mass is 10.0. The minimum absolute atomic E-state index is 0.0232. The zero-order valence-electron chi connectivity index (χ0n) is 14.0. The molecular weight excluding hydrogens is 286 g/mol. The first-order valence-corrected chi connectivity index (χ1v) is 7.99. The van der Waals surface area contributed by atoms with Gasteiger partial charge in [-0.05, 0) is 43.9 Å². The van der Waals surface area contributed by atoms with E-state index in [1.165, 1.54) is 11.1 Å². The van der Waals surface area contributed by atoms with E-state index < -0.39 is 0 Å². The van der Waals surface area contributed by atoms with Crippen molar-refractivity contribution in [1.29, 1.82) is 0 Å². The first-order valence-electron chi connectivity index (χ1n) is 7.99. The van der Waals surface area contributed by atoms with E-state index in [9.17, 15) is 4.79 Å². The number of hydrogen-bond acceptors (Lipinski definition) is 3. The van der Waals surface area contributed by atoms with Crippen molar-refractivity contribution in [3.63, 3.8) is 0 Å². The highest BCUT2D eigenvalue weighted by Crippen LogP contribution is 2.41. The average molecular weight is 309 g/mol. The van der Waals surface area contributed by atoms with Crippen molar-refractivity contribution < 1.29 is 4.79 Å². The van der Waals surface area contributed by atoms with Gasteiger partial charge in [0.1, 0.15) is 5.82 Å². The van der Waals surface area contributed by atoms with Gasteiger partial charge in [0.2, 0.25) is 0 Å². The van der Waals surface area contributed by atoms with Gasteiger partial charge >= 0.3 is 0 Å². The Morgan fingerprint density at radius 3 is 2.61 bits per heavy atom. The van der Waals surface area contributed by atoms with Crippen LogP contribution in [0.2, 0.25) is 0 Å². The summed E-state index contributed by atoms with van der Waals surface area (Å²) in [6, 6.07) is 12.4. The monoisotopic (exact) mass is 309 g/mol. The molecule has 0 unspecified atom stereocenters. The molecule has 1 aliphatic carbocycles. The molecule has 0 radical (unpaired) electrons. The van der Waals surface area contributed by atoms with Crippen molar-refractivity contribution in [3.05, 3.63) is 59.3 Å². The van der Waals surface area contributed by atoms with Gasteiger partial charge in [-0.25, -0.2) is 4.98 Å². The van der Waals surface area contributed by atoms with Gasteiger partial charge in [0.25, 0.3) is 5.91 Å². The Kier molecular flexibility index (Phi) is 4.07. The molecule has 1 aromatic heterocycles. The van der Waals surface area contributed by atoms with Gasteiger partial charge in [0.15, 0.2) is 0 Å². The zero-order chi connectivity index (χ0) is 16.4. The molecule has 1 saturated carbocycles. The third-order valence-corrected chi connectivity index (χ3v) is 4.29. The third kappa shape index (κ3) is 3.70. The van der Waals surface area contributed by atoms with E-state index in [4.69, 9.17) is 0 Å². The smallest absolute Gasteiger partial charge is 0.254 e. The molecule has 1 aliphatic rings. The van der Waals surface area contributed by atoms with Gasteiger partial charge in [0.05, 0.1) is 5.56 Å².